The van der Waals surface area contributed by atoms with Gasteiger partial charge in [-0.15, -0.1) is 0 Å². The van der Waals surface area contributed by atoms with Crippen LogP contribution in [0, 0.1) is 18.8 Å². The maximum atomic E-state index is 3.98. The predicted molar refractivity (Wildman–Crippen MR) is 83.8 cm³/mol. The molecule has 0 amide bonds. The van der Waals surface area contributed by atoms with Gasteiger partial charge in [-0.05, 0) is 43.7 Å². The molecule has 0 spiro atoms. The first-order valence-corrected chi connectivity index (χ1v) is 7.60. The summed E-state index contributed by atoms with van der Waals surface area (Å²) in [4.78, 5) is 3.98. The summed E-state index contributed by atoms with van der Waals surface area (Å²) in [5, 5.41) is 0. The van der Waals surface area contributed by atoms with Gasteiger partial charge < -0.3 is 0 Å². The molecule has 1 saturated carbocycles. The van der Waals surface area contributed by atoms with Crippen LogP contribution in [0.25, 0.3) is 0 Å². The minimum Gasteiger partial charge on any atom is -0.262 e. The molecule has 0 aliphatic heterocycles. The van der Waals surface area contributed by atoms with Crippen LogP contribution in [0.2, 0.25) is 0 Å². The van der Waals surface area contributed by atoms with E-state index in [0.29, 0.717) is 0 Å². The van der Waals surface area contributed by atoms with Gasteiger partial charge in [0.1, 0.15) is 0 Å². The van der Waals surface area contributed by atoms with E-state index in [9.17, 15) is 0 Å². The van der Waals surface area contributed by atoms with Gasteiger partial charge in [0.25, 0.3) is 0 Å². The third-order valence-corrected chi connectivity index (χ3v) is 2.86. The van der Waals surface area contributed by atoms with Crippen molar-refractivity contribution in [3.8, 4) is 0 Å². The zero-order valence-electron chi connectivity index (χ0n) is 13.5. The van der Waals surface area contributed by atoms with Gasteiger partial charge in [-0.1, -0.05) is 54.0 Å². The molecule has 1 nitrogen and oxygen atoms in total. The minimum atomic E-state index is 1.05. The highest BCUT2D eigenvalue weighted by molar-refractivity contribution is 4.99. The van der Waals surface area contributed by atoms with Gasteiger partial charge in [0.15, 0.2) is 0 Å². The second-order valence-corrected chi connectivity index (χ2v) is 4.32. The van der Waals surface area contributed by atoms with Crippen LogP contribution in [-0.2, 0) is 0 Å². The molecule has 0 N–H and O–H groups in total. The van der Waals surface area contributed by atoms with Gasteiger partial charge in [-0.2, -0.15) is 0 Å². The normalized spacial score (nSPS) is 19.7. The van der Waals surface area contributed by atoms with E-state index in [2.05, 4.69) is 18.8 Å². The van der Waals surface area contributed by atoms with Crippen LogP contribution in [0.4, 0.5) is 0 Å². The lowest BCUT2D eigenvalue weighted by molar-refractivity contribution is 0.206. The molecular weight excluding hydrogens is 218 g/mol. The fraction of sp³-hybridized carbons (Fsp3) is 0.706. The Morgan fingerprint density at radius 3 is 1.83 bits per heavy atom. The standard InChI is InChI=1S/C7H14.C6H7N.2C2H6/c1-3-7-4-6(2)5-7;1-6-4-2-3-5-7-6;2*1-2/h6-7H,3-5H2,1-2H3;2-5H,1H3;2*1-2H3. The first kappa shape index (κ1) is 19.5. The summed E-state index contributed by atoms with van der Waals surface area (Å²) in [7, 11) is 0. The quantitative estimate of drug-likeness (QED) is 0.607. The Labute approximate surface area is 115 Å². The van der Waals surface area contributed by atoms with E-state index in [4.69, 9.17) is 0 Å². The largest absolute Gasteiger partial charge is 0.262 e. The smallest absolute Gasteiger partial charge is 0.0372 e. The van der Waals surface area contributed by atoms with E-state index in [1.165, 1.54) is 19.3 Å². The molecule has 1 heterocycles. The number of rotatable bonds is 1. The average Bonchev–Trinajstić information content (AvgIpc) is 2.41. The molecule has 1 aliphatic rings. The van der Waals surface area contributed by atoms with Crippen LogP contribution >= 0.6 is 0 Å². The Morgan fingerprint density at radius 1 is 1.11 bits per heavy atom. The lowest BCUT2D eigenvalue weighted by Crippen LogP contribution is -2.19. The highest BCUT2D eigenvalue weighted by Crippen LogP contribution is 2.34. The number of aromatic nitrogens is 1. The summed E-state index contributed by atoms with van der Waals surface area (Å²) in [6.07, 6.45) is 6.19. The summed E-state index contributed by atoms with van der Waals surface area (Å²) >= 11 is 0. The van der Waals surface area contributed by atoms with E-state index in [1.807, 2.05) is 52.8 Å². The van der Waals surface area contributed by atoms with Crippen LogP contribution in [-0.4, -0.2) is 4.98 Å². The summed E-state index contributed by atoms with van der Waals surface area (Å²) in [6.45, 7) is 14.6. The molecule has 1 aromatic rings. The van der Waals surface area contributed by atoms with Crippen LogP contribution in [0.1, 0.15) is 66.5 Å². The van der Waals surface area contributed by atoms with Crippen LogP contribution in [0.3, 0.4) is 0 Å². The lowest BCUT2D eigenvalue weighted by atomic mass is 9.75. The number of pyridine rings is 1. The van der Waals surface area contributed by atoms with E-state index in [0.717, 1.165) is 17.5 Å². The van der Waals surface area contributed by atoms with Crippen molar-refractivity contribution in [2.24, 2.45) is 11.8 Å². The molecule has 1 aliphatic carbocycles. The number of nitrogens with zero attached hydrogens (tertiary/aromatic N) is 1. The molecule has 2 rings (SSSR count). The second-order valence-electron chi connectivity index (χ2n) is 4.32. The van der Waals surface area contributed by atoms with Crippen molar-refractivity contribution < 1.29 is 0 Å². The van der Waals surface area contributed by atoms with Crippen LogP contribution < -0.4 is 0 Å². The highest BCUT2D eigenvalue weighted by Gasteiger charge is 2.22. The van der Waals surface area contributed by atoms with Crippen molar-refractivity contribution >= 4 is 0 Å². The molecule has 0 bridgehead atoms. The fourth-order valence-electron chi connectivity index (χ4n) is 1.85. The van der Waals surface area contributed by atoms with Crippen LogP contribution in [0.5, 0.6) is 0 Å². The first-order valence-electron chi connectivity index (χ1n) is 7.60. The van der Waals surface area contributed by atoms with E-state index < -0.39 is 0 Å². The number of aryl methyl sites for hydroxylation is 1. The Hall–Kier alpha value is -0.850. The molecule has 1 fully saturated rings. The van der Waals surface area contributed by atoms with E-state index >= 15 is 0 Å². The number of hydrogen-bond acceptors (Lipinski definition) is 1. The van der Waals surface area contributed by atoms with Crippen molar-refractivity contribution in [2.75, 3.05) is 0 Å². The Balaban J connectivity index is 0. The third kappa shape index (κ3) is 10.3. The molecular formula is C17H33N. The Morgan fingerprint density at radius 2 is 1.67 bits per heavy atom. The zero-order valence-corrected chi connectivity index (χ0v) is 13.5. The van der Waals surface area contributed by atoms with E-state index in [1.54, 1.807) is 6.20 Å². The molecule has 0 unspecified atom stereocenters. The molecule has 1 aromatic heterocycles. The van der Waals surface area contributed by atoms with Crippen molar-refractivity contribution in [1.82, 2.24) is 4.98 Å². The summed E-state index contributed by atoms with van der Waals surface area (Å²) in [6, 6.07) is 5.86. The SMILES string of the molecule is CC.CC.CCC1CC(C)C1.Cc1ccccn1. The molecule has 0 atom stereocenters. The summed E-state index contributed by atoms with van der Waals surface area (Å²) < 4.78 is 0. The molecule has 18 heavy (non-hydrogen) atoms. The van der Waals surface area contributed by atoms with Crippen molar-refractivity contribution in [2.45, 2.75) is 67.7 Å². The van der Waals surface area contributed by atoms with Gasteiger partial charge >= 0.3 is 0 Å². The van der Waals surface area contributed by atoms with Crippen molar-refractivity contribution in [3.05, 3.63) is 30.1 Å². The molecule has 1 heteroatoms. The summed E-state index contributed by atoms with van der Waals surface area (Å²) in [5.41, 5.74) is 1.07. The van der Waals surface area contributed by atoms with Gasteiger partial charge in [0.2, 0.25) is 0 Å². The second kappa shape index (κ2) is 14.2. The summed E-state index contributed by atoms with van der Waals surface area (Å²) in [5.74, 6) is 2.14. The molecule has 0 radical (unpaired) electrons. The molecule has 0 saturated heterocycles. The Bertz CT molecular complexity index is 237. The first-order chi connectivity index (χ1) is 8.72. The average molecular weight is 251 g/mol. The molecule has 0 aromatic carbocycles. The molecule has 106 valence electrons. The monoisotopic (exact) mass is 251 g/mol. The van der Waals surface area contributed by atoms with Crippen molar-refractivity contribution in [1.29, 1.82) is 0 Å². The maximum Gasteiger partial charge on any atom is 0.0372 e. The van der Waals surface area contributed by atoms with Gasteiger partial charge in [0, 0.05) is 11.9 Å². The van der Waals surface area contributed by atoms with Crippen LogP contribution in [0.15, 0.2) is 24.4 Å². The number of hydrogen-bond donors (Lipinski definition) is 0. The lowest BCUT2D eigenvalue weighted by Gasteiger charge is -2.31. The van der Waals surface area contributed by atoms with Gasteiger partial charge in [-0.3, -0.25) is 4.98 Å². The maximum absolute atomic E-state index is 3.98. The van der Waals surface area contributed by atoms with Crippen molar-refractivity contribution in [3.63, 3.8) is 0 Å². The van der Waals surface area contributed by atoms with E-state index in [-0.39, 0.29) is 0 Å². The Kier molecular flexibility index (Phi) is 15.4. The minimum absolute atomic E-state index is 1.05. The fourth-order valence-corrected chi connectivity index (χ4v) is 1.85. The third-order valence-electron chi connectivity index (χ3n) is 2.86. The topological polar surface area (TPSA) is 12.9 Å². The van der Waals surface area contributed by atoms with Gasteiger partial charge in [-0.25, -0.2) is 0 Å². The predicted octanol–water partition coefficient (Wildman–Crippen LogP) is 5.88. The highest BCUT2D eigenvalue weighted by atomic mass is 14.6. The zero-order chi connectivity index (χ0) is 14.4. The van der Waals surface area contributed by atoms with Gasteiger partial charge in [0.05, 0.1) is 0 Å².